The third-order valence-corrected chi connectivity index (χ3v) is 19.5. The molecule has 4 aliphatic rings. The van der Waals surface area contributed by atoms with Crippen molar-refractivity contribution in [2.45, 2.75) is 69.3 Å². The predicted octanol–water partition coefficient (Wildman–Crippen LogP) is 13.6. The monoisotopic (exact) mass is 1370 g/mol. The molecule has 10 aromatic rings. The number of nitrogens with zero attached hydrogens (tertiary/aromatic N) is 8. The Morgan fingerprint density at radius 1 is 0.468 bits per heavy atom. The quantitative estimate of drug-likeness (QED) is 0.0949. The van der Waals surface area contributed by atoms with Gasteiger partial charge in [0.25, 0.3) is 11.5 Å². The third kappa shape index (κ3) is 9.38. The minimum Gasteiger partial charge on any atom is -0.464 e. The number of hydrogen-bond donors (Lipinski definition) is 0. The van der Waals surface area contributed by atoms with Crippen LogP contribution in [-0.2, 0) is 49.4 Å². The molecule has 14 rings (SSSR count). The fourth-order valence-electron chi connectivity index (χ4n) is 11.5. The summed E-state index contributed by atoms with van der Waals surface area (Å²) in [5.41, 5.74) is -14.4. The fraction of sp³-hybridized carbons (Fsp3) is 0.125. The van der Waals surface area contributed by atoms with Crippen LogP contribution in [0.1, 0.15) is 33.4 Å². The maximum Gasteiger partial charge on any atom is 0.442 e. The number of rotatable bonds is 10. The second-order valence-corrected chi connectivity index (χ2v) is 25.4. The van der Waals surface area contributed by atoms with E-state index in [0.717, 1.165) is 66.7 Å². The van der Waals surface area contributed by atoms with E-state index in [1.54, 1.807) is 13.8 Å². The number of alkyl halides is 12. The maximum absolute atomic E-state index is 15.8. The average Bonchev–Trinajstić information content (AvgIpc) is 1.30. The van der Waals surface area contributed by atoms with Crippen molar-refractivity contribution in [3.05, 3.63) is 226 Å². The van der Waals surface area contributed by atoms with Gasteiger partial charge in [-0.3, -0.25) is 0 Å². The molecule has 8 aromatic carbocycles. The Labute approximate surface area is 532 Å². The summed E-state index contributed by atoms with van der Waals surface area (Å²) >= 11 is 0. The Morgan fingerprint density at radius 3 is 1.49 bits per heavy atom. The molecule has 6 heterocycles. The van der Waals surface area contributed by atoms with Gasteiger partial charge in [0.2, 0.25) is 25.5 Å². The van der Waals surface area contributed by atoms with Crippen LogP contribution in [-0.4, -0.2) is 62.8 Å². The molecule has 1 radical (unpaired) electrons. The normalized spacial score (nSPS) is 14.0. The average molecular weight is 1370 g/mol. The van der Waals surface area contributed by atoms with Gasteiger partial charge in [-0.1, -0.05) is 148 Å². The van der Waals surface area contributed by atoms with Crippen molar-refractivity contribution in [3.63, 3.8) is 0 Å². The minimum atomic E-state index is -6.29. The molecule has 15 nitrogen and oxygen atoms in total. The Balaban J connectivity index is 0.00000803. The van der Waals surface area contributed by atoms with Gasteiger partial charge in [-0.05, 0) is 78.4 Å². The molecule has 0 saturated heterocycles. The van der Waals surface area contributed by atoms with E-state index in [1.807, 2.05) is 0 Å². The summed E-state index contributed by atoms with van der Waals surface area (Å²) in [5, 5.41) is -2.81. The van der Waals surface area contributed by atoms with Gasteiger partial charge in [0.1, 0.15) is 11.5 Å². The molecule has 4 aliphatic heterocycles. The first-order valence-electron chi connectivity index (χ1n) is 27.5. The van der Waals surface area contributed by atoms with Crippen molar-refractivity contribution in [3.8, 4) is 17.3 Å². The summed E-state index contributed by atoms with van der Waals surface area (Å²) in [7, 11) is -9.42. The van der Waals surface area contributed by atoms with Crippen LogP contribution >= 0.6 is 0 Å². The summed E-state index contributed by atoms with van der Waals surface area (Å²) in [5.74, 6) is -5.48. The molecule has 0 unspecified atom stereocenters. The van der Waals surface area contributed by atoms with E-state index >= 15 is 61.1 Å². The van der Waals surface area contributed by atoms with Gasteiger partial charge in [0.05, 0.1) is 41.6 Å². The second kappa shape index (κ2) is 21.6. The van der Waals surface area contributed by atoms with Gasteiger partial charge >= 0.3 is 35.9 Å². The standard InChI is InChI=1S/C64H36F12N8O7S2.V/c1-33-25-29-37(30-26-33)92(85,86)45-23-11-18-40-49(45)54-78-51-39-17-9-21-43(89-59(61(65,66)67,62(68,69)70)35-13-5-3-6-14-35)47(39)53(77-51)81-55-42-20-12-24-46(93(87,88)38-31-27-34(2)28-32-38)50(42)58-82-56-41-19-10-22-44(48(41)57(80-52(40)79-54)84(56)91-83(55)58)90-60(63(71,72)73,64(74,75)76)36-15-7-4-8-16-36;/h3-32H,1-2H3;. The first-order valence-corrected chi connectivity index (χ1v) is 30.4. The second-order valence-electron chi connectivity index (χ2n) is 21.6. The van der Waals surface area contributed by atoms with Crippen LogP contribution in [0.3, 0.4) is 0 Å². The minimum absolute atomic E-state index is 0. The van der Waals surface area contributed by atoms with Crippen molar-refractivity contribution >= 4 is 80.9 Å². The van der Waals surface area contributed by atoms with Gasteiger partial charge in [-0.2, -0.15) is 62.3 Å². The molecule has 0 spiro atoms. The SMILES string of the molecule is Cc1ccc(S(=O)(=O)c2cccc3c2C2=NC3=Nc3c4c(OC(c5ccccc5)(C(F)(F)F)C(F)(F)F)cccc4c4nc5c6c(S(=O)(=O)c7ccc(C)cc7)cccc6c([n+]-5on34)N=c3[n-]c(c4cccc(OC(c5ccccc5)(C(F)(F)F)C(F)(F)F)c34)=N2)cc1.[V]. The van der Waals surface area contributed by atoms with Crippen LogP contribution in [0.5, 0.6) is 11.5 Å². The summed E-state index contributed by atoms with van der Waals surface area (Å²) < 4.78 is 268. The van der Waals surface area contributed by atoms with Gasteiger partial charge in [0, 0.05) is 62.6 Å². The van der Waals surface area contributed by atoms with Crippen LogP contribution in [0.4, 0.5) is 64.3 Å². The number of benzene rings is 8. The zero-order valence-corrected chi connectivity index (χ0v) is 50.6. The zero-order chi connectivity index (χ0) is 65.7. The van der Waals surface area contributed by atoms with E-state index in [4.69, 9.17) is 29.1 Å². The van der Waals surface area contributed by atoms with Gasteiger partial charge in [0.15, 0.2) is 11.7 Å². The van der Waals surface area contributed by atoms with Crippen LogP contribution in [0, 0.1) is 13.8 Å². The van der Waals surface area contributed by atoms with Crippen molar-refractivity contribution in [2.24, 2.45) is 20.0 Å². The summed E-state index contributed by atoms with van der Waals surface area (Å²) in [4.78, 5) is 26.6. The number of amidine groups is 2. The van der Waals surface area contributed by atoms with E-state index in [0.29, 0.717) is 44.7 Å². The smallest absolute Gasteiger partial charge is 0.442 e. The Kier molecular flexibility index (Phi) is 14.5. The van der Waals surface area contributed by atoms with E-state index in [-0.39, 0.29) is 55.6 Å². The summed E-state index contributed by atoms with van der Waals surface area (Å²) in [6.45, 7) is 3.37. The van der Waals surface area contributed by atoms with Crippen LogP contribution in [0.15, 0.2) is 226 Å². The predicted molar refractivity (Wildman–Crippen MR) is 309 cm³/mol. The molecular formula is C64H36F12N8O7S2V. The zero-order valence-electron chi connectivity index (χ0n) is 47.6. The number of sulfone groups is 2. The van der Waals surface area contributed by atoms with E-state index in [2.05, 4.69) is 15.0 Å². The maximum atomic E-state index is 15.8. The number of aliphatic imine (C=N–C) groups is 2. The molecule has 0 N–H and O–H groups in total. The fourth-order valence-corrected chi connectivity index (χ4v) is 14.5. The Hall–Kier alpha value is -9.84. The molecule has 6 bridgehead atoms. The Bertz CT molecular complexity index is 5500. The number of ether oxygens (including phenoxy) is 2. The van der Waals surface area contributed by atoms with E-state index < -0.39 is 150 Å². The number of aryl methyl sites for hydroxylation is 2. The van der Waals surface area contributed by atoms with Crippen LogP contribution in [0.2, 0.25) is 0 Å². The molecule has 0 amide bonds. The number of fused-ring (bicyclic) bond motifs is 15. The molecule has 2 aromatic heterocycles. The first kappa shape index (κ1) is 62.9. The summed E-state index contributed by atoms with van der Waals surface area (Å²) in [6.07, 6.45) is -25.2. The molecule has 475 valence electrons. The molecule has 0 aliphatic carbocycles. The van der Waals surface area contributed by atoms with E-state index in [9.17, 15) is 8.42 Å². The molecule has 0 saturated carbocycles. The molecule has 30 heteroatoms. The molecular weight excluding hydrogens is 1340 g/mol. The topological polar surface area (TPSA) is 185 Å². The summed E-state index contributed by atoms with van der Waals surface area (Å²) in [6, 6.07) is 32.6. The van der Waals surface area contributed by atoms with Crippen molar-refractivity contribution in [2.75, 3.05) is 0 Å². The van der Waals surface area contributed by atoms with E-state index in [1.165, 1.54) is 91.0 Å². The van der Waals surface area contributed by atoms with Gasteiger partial charge in [-0.15, -0.1) is 0 Å². The number of halogens is 12. The molecule has 94 heavy (non-hydrogen) atoms. The van der Waals surface area contributed by atoms with Crippen molar-refractivity contribution in [1.29, 1.82) is 0 Å². The Morgan fingerprint density at radius 2 is 0.947 bits per heavy atom. The third-order valence-electron chi connectivity index (χ3n) is 15.9. The van der Waals surface area contributed by atoms with Gasteiger partial charge in [-0.25, -0.2) is 21.8 Å². The van der Waals surface area contributed by atoms with Gasteiger partial charge < -0.3 is 24.4 Å². The first-order chi connectivity index (χ1) is 44.0. The largest absolute Gasteiger partial charge is 0.464 e. The number of aromatic nitrogens is 4. The van der Waals surface area contributed by atoms with Crippen molar-refractivity contribution in [1.82, 2.24) is 14.5 Å². The van der Waals surface area contributed by atoms with Crippen LogP contribution < -0.4 is 30.2 Å². The van der Waals surface area contributed by atoms with Crippen molar-refractivity contribution < 1.29 is 107 Å². The number of hydrogen-bond acceptors (Lipinski definition) is 12. The molecule has 0 fully saturated rings. The molecule has 0 atom stereocenters. The van der Waals surface area contributed by atoms with Crippen LogP contribution in [0.25, 0.3) is 43.8 Å².